The van der Waals surface area contributed by atoms with Crippen molar-refractivity contribution in [2.45, 2.75) is 26.1 Å². The number of allylic oxidation sites excluding steroid dienone is 3. The number of hydrogen-bond acceptors (Lipinski definition) is 4. The van der Waals surface area contributed by atoms with Crippen LogP contribution in [0, 0.1) is 17.5 Å². The van der Waals surface area contributed by atoms with Crippen molar-refractivity contribution in [2.75, 3.05) is 12.4 Å². The van der Waals surface area contributed by atoms with E-state index in [2.05, 4.69) is 10.3 Å². The average molecular weight is 395 g/mol. The molecule has 1 aromatic heterocycles. The molecular weight excluding hydrogens is 378 g/mol. The van der Waals surface area contributed by atoms with E-state index in [1.54, 1.807) is 6.92 Å². The number of anilines is 1. The van der Waals surface area contributed by atoms with E-state index in [1.165, 1.54) is 23.8 Å². The van der Waals surface area contributed by atoms with Crippen molar-refractivity contribution in [3.63, 3.8) is 0 Å². The molecule has 28 heavy (non-hydrogen) atoms. The first-order chi connectivity index (χ1) is 13.3. The van der Waals surface area contributed by atoms with E-state index >= 15 is 0 Å². The molecule has 1 aliphatic rings. The lowest BCUT2D eigenvalue weighted by Gasteiger charge is -2.22. The van der Waals surface area contributed by atoms with Crippen molar-refractivity contribution in [1.29, 1.82) is 0 Å². The number of alkyl halides is 1. The van der Waals surface area contributed by atoms with Crippen LogP contribution in [-0.4, -0.2) is 22.8 Å². The molecule has 0 bridgehead atoms. The number of ether oxygens (including phenoxy) is 1. The van der Waals surface area contributed by atoms with Crippen molar-refractivity contribution in [3.8, 4) is 0 Å². The van der Waals surface area contributed by atoms with E-state index in [0.29, 0.717) is 16.8 Å². The molecule has 1 unspecified atom stereocenters. The molecule has 1 aliphatic carbocycles. The Hall–Kier alpha value is -3.10. The highest BCUT2D eigenvalue weighted by Crippen LogP contribution is 2.27. The van der Waals surface area contributed by atoms with E-state index < -0.39 is 29.2 Å². The summed E-state index contributed by atoms with van der Waals surface area (Å²) in [4.78, 5) is 15.3. The largest absolute Gasteiger partial charge is 0.498 e. The summed E-state index contributed by atoms with van der Waals surface area (Å²) < 4.78 is 60.5. The zero-order chi connectivity index (χ0) is 20.4. The van der Waals surface area contributed by atoms with Crippen molar-refractivity contribution >= 4 is 5.95 Å². The Morgan fingerprint density at radius 2 is 2.00 bits per heavy atom. The van der Waals surface area contributed by atoms with Gasteiger partial charge in [0.05, 0.1) is 13.7 Å². The molecule has 3 rings (SSSR count). The summed E-state index contributed by atoms with van der Waals surface area (Å²) in [5.41, 5.74) is 0.338. The third-order valence-electron chi connectivity index (χ3n) is 4.31. The molecule has 1 N–H and O–H groups in total. The lowest BCUT2D eigenvalue weighted by molar-refractivity contribution is 0.200. The number of aromatic nitrogens is 2. The maximum atomic E-state index is 13.9. The van der Waals surface area contributed by atoms with Crippen LogP contribution in [0.5, 0.6) is 0 Å². The Bertz CT molecular complexity index is 1030. The Kier molecular flexibility index (Phi) is 5.53. The van der Waals surface area contributed by atoms with Crippen molar-refractivity contribution in [2.24, 2.45) is 0 Å². The van der Waals surface area contributed by atoms with Crippen LogP contribution in [0.4, 0.5) is 23.5 Å². The molecule has 0 fully saturated rings. The molecular formula is C19H17F4N3O2. The number of hydrogen-bond donors (Lipinski definition) is 1. The number of nitrogens with zero attached hydrogens (tertiary/aromatic N) is 2. The van der Waals surface area contributed by atoms with Crippen LogP contribution in [0.15, 0.2) is 52.3 Å². The van der Waals surface area contributed by atoms with E-state index in [1.807, 2.05) is 0 Å². The van der Waals surface area contributed by atoms with Gasteiger partial charge in [-0.2, -0.15) is 9.37 Å². The third kappa shape index (κ3) is 4.08. The highest BCUT2D eigenvalue weighted by Gasteiger charge is 2.22. The predicted molar refractivity (Wildman–Crippen MR) is 94.8 cm³/mol. The lowest BCUT2D eigenvalue weighted by Crippen LogP contribution is -2.23. The number of methoxy groups -OCH3 is 1. The minimum atomic E-state index is -1.29. The van der Waals surface area contributed by atoms with Crippen molar-refractivity contribution in [1.82, 2.24) is 9.55 Å². The zero-order valence-corrected chi connectivity index (χ0v) is 15.1. The number of nitrogens with one attached hydrogen (secondary N) is 1. The summed E-state index contributed by atoms with van der Waals surface area (Å²) in [5, 5.41) is 2.87. The van der Waals surface area contributed by atoms with Crippen LogP contribution in [0.25, 0.3) is 0 Å². The molecule has 1 aromatic carbocycles. The van der Waals surface area contributed by atoms with Gasteiger partial charge in [0.25, 0.3) is 0 Å². The molecule has 0 spiro atoms. The van der Waals surface area contributed by atoms with Gasteiger partial charge < -0.3 is 14.6 Å². The highest BCUT2D eigenvalue weighted by atomic mass is 19.2. The average Bonchev–Trinajstić information content (AvgIpc) is 2.64. The van der Waals surface area contributed by atoms with Gasteiger partial charge in [0.15, 0.2) is 17.8 Å². The fraction of sp³-hybridized carbons (Fsp3) is 0.263. The Morgan fingerprint density at radius 3 is 2.68 bits per heavy atom. The summed E-state index contributed by atoms with van der Waals surface area (Å²) in [6.45, 7) is 1.61. The van der Waals surface area contributed by atoms with E-state index in [0.717, 1.165) is 18.3 Å². The lowest BCUT2D eigenvalue weighted by atomic mass is 10.0. The first-order valence-corrected chi connectivity index (χ1v) is 8.35. The number of halogens is 4. The van der Waals surface area contributed by atoms with Gasteiger partial charge in [-0.1, -0.05) is 6.07 Å². The molecule has 0 aliphatic heterocycles. The van der Waals surface area contributed by atoms with Crippen molar-refractivity contribution in [3.05, 3.63) is 80.9 Å². The second-order valence-electron chi connectivity index (χ2n) is 6.34. The molecule has 1 atom stereocenters. The summed E-state index contributed by atoms with van der Waals surface area (Å²) in [7, 11) is 1.34. The number of benzene rings is 1. The maximum absolute atomic E-state index is 13.9. The first-order valence-electron chi connectivity index (χ1n) is 8.35. The van der Waals surface area contributed by atoms with Gasteiger partial charge in [0.1, 0.15) is 5.76 Å². The standard InChI is InChI=1S/C19H17F4N3O2/c1-10-5-14(22)17(28-2)7-16(10)24-19-25-18(27)15(23)9-26(19)8-11-3-4-12(20)13(21)6-11/h3-4,6-7,9,14H,5,8H2,1-2H3,(H,24,25,27). The predicted octanol–water partition coefficient (Wildman–Crippen LogP) is 3.67. The fourth-order valence-electron chi connectivity index (χ4n) is 2.81. The van der Waals surface area contributed by atoms with Gasteiger partial charge in [-0.25, -0.2) is 13.2 Å². The maximum Gasteiger partial charge on any atom is 0.310 e. The summed E-state index contributed by atoms with van der Waals surface area (Å²) in [6, 6.07) is 3.25. The van der Waals surface area contributed by atoms with E-state index in [4.69, 9.17) is 4.74 Å². The van der Waals surface area contributed by atoms with Crippen LogP contribution in [-0.2, 0) is 11.3 Å². The summed E-state index contributed by atoms with van der Waals surface area (Å²) in [5.74, 6) is -3.08. The topological polar surface area (TPSA) is 56.1 Å². The molecule has 0 amide bonds. The zero-order valence-electron chi connectivity index (χ0n) is 15.1. The minimum absolute atomic E-state index is 0.0329. The van der Waals surface area contributed by atoms with E-state index in [9.17, 15) is 22.4 Å². The normalized spacial score (nSPS) is 16.8. The van der Waals surface area contributed by atoms with Crippen LogP contribution in [0.2, 0.25) is 0 Å². The SMILES string of the molecule is COC1=CC(Nc2nc(=O)c(F)cn2Cc2ccc(F)c(F)c2)=C(C)CC1F. The summed E-state index contributed by atoms with van der Waals surface area (Å²) in [6.07, 6.45) is 1.13. The van der Waals surface area contributed by atoms with Gasteiger partial charge in [-0.15, -0.1) is 0 Å². The number of rotatable bonds is 5. The third-order valence-corrected chi connectivity index (χ3v) is 4.31. The van der Waals surface area contributed by atoms with Gasteiger partial charge >= 0.3 is 5.56 Å². The molecule has 0 saturated heterocycles. The second kappa shape index (κ2) is 7.87. The molecule has 148 valence electrons. The highest BCUT2D eigenvalue weighted by molar-refractivity contribution is 5.46. The van der Waals surface area contributed by atoms with Gasteiger partial charge in [-0.05, 0) is 30.2 Å². The van der Waals surface area contributed by atoms with Gasteiger partial charge in [-0.3, -0.25) is 4.79 Å². The molecule has 1 heterocycles. The Labute approximate surface area is 158 Å². The van der Waals surface area contributed by atoms with Crippen LogP contribution in [0.3, 0.4) is 0 Å². The Morgan fingerprint density at radius 1 is 1.25 bits per heavy atom. The minimum Gasteiger partial charge on any atom is -0.498 e. The molecule has 0 saturated carbocycles. The monoisotopic (exact) mass is 395 g/mol. The summed E-state index contributed by atoms with van der Waals surface area (Å²) >= 11 is 0. The second-order valence-corrected chi connectivity index (χ2v) is 6.34. The molecule has 2 aromatic rings. The van der Waals surface area contributed by atoms with Crippen molar-refractivity contribution < 1.29 is 22.3 Å². The smallest absolute Gasteiger partial charge is 0.310 e. The van der Waals surface area contributed by atoms with E-state index in [-0.39, 0.29) is 24.7 Å². The van der Waals surface area contributed by atoms with Crippen LogP contribution in [0.1, 0.15) is 18.9 Å². The molecule has 5 nitrogen and oxygen atoms in total. The van der Waals surface area contributed by atoms with Crippen LogP contribution >= 0.6 is 0 Å². The van der Waals surface area contributed by atoms with Gasteiger partial charge in [0, 0.05) is 24.4 Å². The molecule has 9 heteroatoms. The van der Waals surface area contributed by atoms with Crippen LogP contribution < -0.4 is 10.9 Å². The quantitative estimate of drug-likeness (QED) is 0.785. The van der Waals surface area contributed by atoms with Gasteiger partial charge in [0.2, 0.25) is 11.8 Å². The Balaban J connectivity index is 1.98. The first kappa shape index (κ1) is 19.7. The molecule has 0 radical (unpaired) electrons. The fourth-order valence-corrected chi connectivity index (χ4v) is 2.81.